The molecule has 0 aliphatic rings. The summed E-state index contributed by atoms with van der Waals surface area (Å²) in [7, 11) is 2.53. The summed E-state index contributed by atoms with van der Waals surface area (Å²) >= 11 is 0. The first-order valence-electron chi connectivity index (χ1n) is 5.71. The standard InChI is InChI=1S/C11H25NO3Si/c1-5-11(7-6-9-12)8-10-16(13-2,14-3)15-4/h7H,5-6,8-10,12H2,1-4H3. The number of hydrogen-bond donors (Lipinski definition) is 1. The molecule has 0 unspecified atom stereocenters. The smallest absolute Gasteiger partial charge is 0.377 e. The second-order valence-corrected chi connectivity index (χ2v) is 6.68. The van der Waals surface area contributed by atoms with Crippen LogP contribution in [0.15, 0.2) is 11.6 Å². The van der Waals surface area contributed by atoms with Crippen LogP contribution in [0.2, 0.25) is 6.04 Å². The van der Waals surface area contributed by atoms with E-state index in [1.54, 1.807) is 21.3 Å². The van der Waals surface area contributed by atoms with Gasteiger partial charge in [-0.25, -0.2) is 0 Å². The maximum Gasteiger partial charge on any atom is 0.500 e. The highest BCUT2D eigenvalue weighted by atomic mass is 28.4. The molecular formula is C11H25NO3Si. The number of nitrogens with two attached hydrogens (primary N) is 1. The lowest BCUT2D eigenvalue weighted by molar-refractivity contribution is 0.123. The van der Waals surface area contributed by atoms with Gasteiger partial charge in [0, 0.05) is 27.4 Å². The third-order valence-electron chi connectivity index (χ3n) is 2.74. The van der Waals surface area contributed by atoms with Gasteiger partial charge in [-0.3, -0.25) is 0 Å². The molecule has 0 aromatic heterocycles. The van der Waals surface area contributed by atoms with Crippen LogP contribution in [0.4, 0.5) is 0 Å². The molecule has 0 saturated carbocycles. The predicted molar refractivity (Wildman–Crippen MR) is 68.3 cm³/mol. The molecule has 0 heterocycles. The predicted octanol–water partition coefficient (Wildman–Crippen LogP) is 1.94. The van der Waals surface area contributed by atoms with Crippen LogP contribution < -0.4 is 5.73 Å². The molecular weight excluding hydrogens is 222 g/mol. The average Bonchev–Trinajstić information content (AvgIpc) is 2.35. The lowest BCUT2D eigenvalue weighted by atomic mass is 10.1. The Balaban J connectivity index is 4.26. The summed E-state index contributed by atoms with van der Waals surface area (Å²) < 4.78 is 16.1. The zero-order valence-electron chi connectivity index (χ0n) is 10.9. The van der Waals surface area contributed by atoms with Crippen molar-refractivity contribution in [2.45, 2.75) is 32.2 Å². The largest absolute Gasteiger partial charge is 0.500 e. The fourth-order valence-electron chi connectivity index (χ4n) is 1.58. The second kappa shape index (κ2) is 8.89. The third-order valence-corrected chi connectivity index (χ3v) is 5.47. The molecule has 0 aliphatic heterocycles. The molecule has 0 rings (SSSR count). The first-order chi connectivity index (χ1) is 7.67. The molecule has 0 amide bonds. The molecule has 0 aliphatic carbocycles. The Bertz CT molecular complexity index is 197. The van der Waals surface area contributed by atoms with E-state index in [1.807, 2.05) is 0 Å². The average molecular weight is 247 g/mol. The topological polar surface area (TPSA) is 53.7 Å². The van der Waals surface area contributed by atoms with Crippen LogP contribution in [0, 0.1) is 0 Å². The normalized spacial score (nSPS) is 13.2. The molecule has 5 heteroatoms. The Morgan fingerprint density at radius 2 is 1.75 bits per heavy atom. The maximum atomic E-state index is 5.48. The summed E-state index contributed by atoms with van der Waals surface area (Å²) in [5, 5.41) is 0. The van der Waals surface area contributed by atoms with Crippen molar-refractivity contribution in [2.75, 3.05) is 27.9 Å². The van der Waals surface area contributed by atoms with E-state index in [-0.39, 0.29) is 0 Å². The molecule has 96 valence electrons. The van der Waals surface area contributed by atoms with Crippen LogP contribution in [-0.2, 0) is 13.3 Å². The molecule has 0 atom stereocenters. The first kappa shape index (κ1) is 15.8. The van der Waals surface area contributed by atoms with Gasteiger partial charge in [0.2, 0.25) is 0 Å². The van der Waals surface area contributed by atoms with E-state index >= 15 is 0 Å². The fourth-order valence-corrected chi connectivity index (χ4v) is 3.32. The van der Waals surface area contributed by atoms with Gasteiger partial charge in [0.15, 0.2) is 0 Å². The van der Waals surface area contributed by atoms with Gasteiger partial charge in [-0.2, -0.15) is 0 Å². The zero-order valence-corrected chi connectivity index (χ0v) is 11.9. The summed E-state index contributed by atoms with van der Waals surface area (Å²) in [6, 6.07) is 0.820. The monoisotopic (exact) mass is 247 g/mol. The van der Waals surface area contributed by atoms with E-state index in [4.69, 9.17) is 19.0 Å². The summed E-state index contributed by atoms with van der Waals surface area (Å²) in [6.07, 6.45) is 5.14. The van der Waals surface area contributed by atoms with Crippen molar-refractivity contribution in [1.82, 2.24) is 0 Å². The van der Waals surface area contributed by atoms with E-state index in [9.17, 15) is 0 Å². The maximum absolute atomic E-state index is 5.48. The van der Waals surface area contributed by atoms with Crippen LogP contribution in [0.5, 0.6) is 0 Å². The van der Waals surface area contributed by atoms with Crippen LogP contribution in [-0.4, -0.2) is 36.7 Å². The molecule has 0 radical (unpaired) electrons. The highest BCUT2D eigenvalue weighted by Gasteiger charge is 2.37. The van der Waals surface area contributed by atoms with Gasteiger partial charge in [0.1, 0.15) is 0 Å². The quantitative estimate of drug-likeness (QED) is 0.500. The van der Waals surface area contributed by atoms with Gasteiger partial charge in [-0.1, -0.05) is 18.6 Å². The minimum Gasteiger partial charge on any atom is -0.377 e. The number of rotatable bonds is 9. The van der Waals surface area contributed by atoms with E-state index in [0.717, 1.165) is 25.3 Å². The van der Waals surface area contributed by atoms with Crippen molar-refractivity contribution in [2.24, 2.45) is 5.73 Å². The minimum atomic E-state index is -2.41. The van der Waals surface area contributed by atoms with Crippen molar-refractivity contribution >= 4 is 8.80 Å². The second-order valence-electron chi connectivity index (χ2n) is 3.59. The third kappa shape index (κ3) is 5.22. The van der Waals surface area contributed by atoms with Crippen molar-refractivity contribution in [3.05, 3.63) is 11.6 Å². The highest BCUT2D eigenvalue weighted by molar-refractivity contribution is 6.60. The SMILES string of the molecule is CCC(=CCCN)CC[Si](OC)(OC)OC. The Hall–Kier alpha value is -0.203. The van der Waals surface area contributed by atoms with Gasteiger partial charge >= 0.3 is 8.80 Å². The van der Waals surface area contributed by atoms with E-state index in [2.05, 4.69) is 13.0 Å². The molecule has 0 fully saturated rings. The summed E-state index contributed by atoms with van der Waals surface area (Å²) in [5.74, 6) is 0. The summed E-state index contributed by atoms with van der Waals surface area (Å²) in [4.78, 5) is 0. The van der Waals surface area contributed by atoms with Crippen molar-refractivity contribution in [3.8, 4) is 0 Å². The number of allylic oxidation sites excluding steroid dienone is 1. The van der Waals surface area contributed by atoms with Crippen molar-refractivity contribution in [1.29, 1.82) is 0 Å². The minimum absolute atomic E-state index is 0.699. The summed E-state index contributed by atoms with van der Waals surface area (Å²) in [5.41, 5.74) is 6.88. The zero-order chi connectivity index (χ0) is 12.4. The molecule has 2 N–H and O–H groups in total. The van der Waals surface area contributed by atoms with Gasteiger partial charge in [0.05, 0.1) is 0 Å². The fraction of sp³-hybridized carbons (Fsp3) is 0.818. The molecule has 0 saturated heterocycles. The Morgan fingerprint density at radius 1 is 1.19 bits per heavy atom. The Morgan fingerprint density at radius 3 is 2.12 bits per heavy atom. The van der Waals surface area contributed by atoms with Crippen LogP contribution in [0.25, 0.3) is 0 Å². The number of hydrogen-bond acceptors (Lipinski definition) is 4. The molecule has 16 heavy (non-hydrogen) atoms. The first-order valence-corrected chi connectivity index (χ1v) is 7.64. The highest BCUT2D eigenvalue weighted by Crippen LogP contribution is 2.20. The molecule has 4 nitrogen and oxygen atoms in total. The van der Waals surface area contributed by atoms with Crippen molar-refractivity contribution < 1.29 is 13.3 Å². The Labute approximate surface area is 100 Å². The lowest BCUT2D eigenvalue weighted by Gasteiger charge is -2.24. The van der Waals surface area contributed by atoms with Crippen LogP contribution in [0.1, 0.15) is 26.2 Å². The van der Waals surface area contributed by atoms with Crippen molar-refractivity contribution in [3.63, 3.8) is 0 Å². The van der Waals surface area contributed by atoms with E-state index < -0.39 is 8.80 Å². The van der Waals surface area contributed by atoms with Gasteiger partial charge < -0.3 is 19.0 Å². The van der Waals surface area contributed by atoms with E-state index in [0.29, 0.717) is 6.54 Å². The Kier molecular flexibility index (Phi) is 8.78. The van der Waals surface area contributed by atoms with Crippen LogP contribution >= 0.6 is 0 Å². The lowest BCUT2D eigenvalue weighted by Crippen LogP contribution is -2.42. The van der Waals surface area contributed by atoms with Crippen LogP contribution in [0.3, 0.4) is 0 Å². The molecule has 0 aromatic carbocycles. The van der Waals surface area contributed by atoms with Gasteiger partial charge in [0.25, 0.3) is 0 Å². The van der Waals surface area contributed by atoms with E-state index in [1.165, 1.54) is 5.57 Å². The molecule has 0 spiro atoms. The molecule has 0 aromatic rings. The van der Waals surface area contributed by atoms with Gasteiger partial charge in [-0.05, 0) is 25.8 Å². The van der Waals surface area contributed by atoms with Gasteiger partial charge in [-0.15, -0.1) is 0 Å². The summed E-state index contributed by atoms with van der Waals surface area (Å²) in [6.45, 7) is 2.85. The molecule has 0 bridgehead atoms.